The third kappa shape index (κ3) is 2.13. The molecule has 0 radical (unpaired) electrons. The molecule has 1 atom stereocenters. The van der Waals surface area contributed by atoms with Gasteiger partial charge in [-0.3, -0.25) is 9.59 Å². The molecule has 1 heterocycles. The highest BCUT2D eigenvalue weighted by Crippen LogP contribution is 2.68. The Bertz CT molecular complexity index is 428. The first-order valence-electron chi connectivity index (χ1n) is 7.66. The molecule has 0 aromatic heterocycles. The quantitative estimate of drug-likeness (QED) is 0.861. The van der Waals surface area contributed by atoms with Crippen molar-refractivity contribution < 1.29 is 9.59 Å². The summed E-state index contributed by atoms with van der Waals surface area (Å²) in [4.78, 5) is 26.5. The van der Waals surface area contributed by atoms with Crippen LogP contribution in [0.15, 0.2) is 0 Å². The molecule has 2 aliphatic rings. The van der Waals surface area contributed by atoms with Crippen molar-refractivity contribution in [1.82, 2.24) is 10.2 Å². The normalized spacial score (nSPS) is 32.8. The van der Waals surface area contributed by atoms with Gasteiger partial charge < -0.3 is 10.2 Å². The third-order valence-corrected chi connectivity index (χ3v) is 6.21. The van der Waals surface area contributed by atoms with Crippen LogP contribution in [0.1, 0.15) is 54.4 Å². The van der Waals surface area contributed by atoms with Gasteiger partial charge in [-0.25, -0.2) is 0 Å². The van der Waals surface area contributed by atoms with Crippen molar-refractivity contribution in [3.8, 4) is 0 Å². The largest absolute Gasteiger partial charge is 0.342 e. The number of carbonyl (C=O) groups excluding carboxylic acids is 2. The summed E-state index contributed by atoms with van der Waals surface area (Å²) in [5.74, 6) is 0.567. The van der Waals surface area contributed by atoms with E-state index < -0.39 is 5.54 Å². The van der Waals surface area contributed by atoms with Crippen LogP contribution in [0.3, 0.4) is 0 Å². The Hall–Kier alpha value is -1.06. The van der Waals surface area contributed by atoms with E-state index >= 15 is 0 Å². The second kappa shape index (κ2) is 4.47. The van der Waals surface area contributed by atoms with Gasteiger partial charge in [0.1, 0.15) is 5.54 Å². The van der Waals surface area contributed by atoms with Crippen molar-refractivity contribution >= 4 is 11.8 Å². The first-order valence-corrected chi connectivity index (χ1v) is 7.66. The molecular weight excluding hydrogens is 252 g/mol. The third-order valence-electron chi connectivity index (χ3n) is 6.21. The monoisotopic (exact) mass is 280 g/mol. The first kappa shape index (κ1) is 15.3. The molecule has 2 fully saturated rings. The summed E-state index contributed by atoms with van der Waals surface area (Å²) in [5, 5.41) is 2.89. The molecule has 1 saturated carbocycles. The zero-order chi connectivity index (χ0) is 15.3. The molecule has 0 aromatic carbocycles. The topological polar surface area (TPSA) is 49.4 Å². The van der Waals surface area contributed by atoms with E-state index in [2.05, 4.69) is 33.0 Å². The van der Waals surface area contributed by atoms with E-state index in [1.807, 2.05) is 18.7 Å². The highest BCUT2D eigenvalue weighted by Gasteiger charge is 2.65. The van der Waals surface area contributed by atoms with Crippen molar-refractivity contribution in [1.29, 1.82) is 0 Å². The fourth-order valence-corrected chi connectivity index (χ4v) is 3.53. The van der Waals surface area contributed by atoms with Crippen LogP contribution in [-0.2, 0) is 9.59 Å². The van der Waals surface area contributed by atoms with Gasteiger partial charge in [0.05, 0.1) is 0 Å². The Labute approximate surface area is 122 Å². The zero-order valence-corrected chi connectivity index (χ0v) is 13.7. The Kier molecular flexibility index (Phi) is 3.43. The summed E-state index contributed by atoms with van der Waals surface area (Å²) in [7, 11) is 0. The van der Waals surface area contributed by atoms with Gasteiger partial charge in [-0.2, -0.15) is 0 Å². The van der Waals surface area contributed by atoms with Gasteiger partial charge in [-0.15, -0.1) is 0 Å². The Morgan fingerprint density at radius 2 is 1.70 bits per heavy atom. The number of hydrogen-bond acceptors (Lipinski definition) is 2. The highest BCUT2D eigenvalue weighted by atomic mass is 16.2. The zero-order valence-electron chi connectivity index (χ0n) is 13.7. The molecular formula is C16H28N2O2. The molecule has 20 heavy (non-hydrogen) atoms. The number of carbonyl (C=O) groups is 2. The lowest BCUT2D eigenvalue weighted by Crippen LogP contribution is -2.55. The van der Waals surface area contributed by atoms with E-state index in [4.69, 9.17) is 0 Å². The lowest BCUT2D eigenvalue weighted by molar-refractivity contribution is -0.138. The summed E-state index contributed by atoms with van der Waals surface area (Å²) in [6.45, 7) is 14.2. The average Bonchev–Trinajstić information content (AvgIpc) is 2.78. The van der Waals surface area contributed by atoms with E-state index in [1.165, 1.54) is 0 Å². The standard InChI is InChI=1S/C16H28N2O2/c1-7-16(6)13(20)18(9-8-12(19)17-16)10-11-14(2,3)15(11,4)5/h11H,7-10H2,1-6H3,(H,17,19). The van der Waals surface area contributed by atoms with Gasteiger partial charge >= 0.3 is 0 Å². The van der Waals surface area contributed by atoms with Gasteiger partial charge in [0, 0.05) is 19.5 Å². The molecule has 4 heteroatoms. The molecule has 1 N–H and O–H groups in total. The predicted molar refractivity (Wildman–Crippen MR) is 79.1 cm³/mol. The second-order valence-corrected chi connectivity index (χ2v) is 7.73. The van der Waals surface area contributed by atoms with Gasteiger partial charge in [-0.05, 0) is 30.1 Å². The Balaban J connectivity index is 2.16. The molecule has 0 spiro atoms. The van der Waals surface area contributed by atoms with E-state index in [0.717, 1.165) is 6.54 Å². The fourth-order valence-electron chi connectivity index (χ4n) is 3.53. The van der Waals surface area contributed by atoms with Gasteiger partial charge in [-0.1, -0.05) is 34.6 Å². The number of hydrogen-bond donors (Lipinski definition) is 1. The van der Waals surface area contributed by atoms with Gasteiger partial charge in [0.25, 0.3) is 0 Å². The first-order chi connectivity index (χ1) is 9.06. The van der Waals surface area contributed by atoms with E-state index in [9.17, 15) is 9.59 Å². The molecule has 1 aliphatic heterocycles. The molecule has 4 nitrogen and oxygen atoms in total. The van der Waals surface area contributed by atoms with Gasteiger partial charge in [0.15, 0.2) is 0 Å². The molecule has 2 rings (SSSR count). The van der Waals surface area contributed by atoms with Crippen molar-refractivity contribution in [2.75, 3.05) is 13.1 Å². The van der Waals surface area contributed by atoms with Crippen molar-refractivity contribution in [2.45, 2.75) is 59.9 Å². The maximum absolute atomic E-state index is 12.7. The predicted octanol–water partition coefficient (Wildman–Crippen LogP) is 2.19. The van der Waals surface area contributed by atoms with Crippen LogP contribution < -0.4 is 5.32 Å². The SMILES string of the molecule is CCC1(C)NC(=O)CCN(CC2C(C)(C)C2(C)C)C1=O. The van der Waals surface area contributed by atoms with Crippen molar-refractivity contribution in [2.24, 2.45) is 16.7 Å². The van der Waals surface area contributed by atoms with Crippen LogP contribution in [0.2, 0.25) is 0 Å². The summed E-state index contributed by atoms with van der Waals surface area (Å²) < 4.78 is 0. The summed E-state index contributed by atoms with van der Waals surface area (Å²) in [6, 6.07) is 0. The molecule has 1 unspecified atom stereocenters. The minimum Gasteiger partial charge on any atom is -0.342 e. The maximum atomic E-state index is 12.7. The number of amides is 2. The molecule has 0 aromatic rings. The summed E-state index contributed by atoms with van der Waals surface area (Å²) in [5.41, 5.74) is -0.212. The Morgan fingerprint density at radius 3 is 2.15 bits per heavy atom. The fraction of sp³-hybridized carbons (Fsp3) is 0.875. The van der Waals surface area contributed by atoms with Crippen molar-refractivity contribution in [3.05, 3.63) is 0 Å². The maximum Gasteiger partial charge on any atom is 0.248 e. The molecule has 1 saturated heterocycles. The van der Waals surface area contributed by atoms with Crippen LogP contribution in [0.25, 0.3) is 0 Å². The van der Waals surface area contributed by atoms with E-state index in [-0.39, 0.29) is 22.6 Å². The van der Waals surface area contributed by atoms with Crippen LogP contribution >= 0.6 is 0 Å². The molecule has 1 aliphatic carbocycles. The number of rotatable bonds is 3. The van der Waals surface area contributed by atoms with Crippen LogP contribution in [0.4, 0.5) is 0 Å². The highest BCUT2D eigenvalue weighted by molar-refractivity contribution is 5.93. The van der Waals surface area contributed by atoms with Crippen molar-refractivity contribution in [3.63, 3.8) is 0 Å². The second-order valence-electron chi connectivity index (χ2n) is 7.73. The number of nitrogens with one attached hydrogen (secondary N) is 1. The molecule has 2 amide bonds. The number of nitrogens with zero attached hydrogens (tertiary/aromatic N) is 1. The minimum absolute atomic E-state index is 0.0143. The lowest BCUT2D eigenvalue weighted by atomic mass is 9.97. The molecule has 0 bridgehead atoms. The molecule has 114 valence electrons. The lowest BCUT2D eigenvalue weighted by Gasteiger charge is -2.31. The van der Waals surface area contributed by atoms with E-state index in [1.54, 1.807) is 0 Å². The Morgan fingerprint density at radius 1 is 1.15 bits per heavy atom. The minimum atomic E-state index is -0.739. The average molecular weight is 280 g/mol. The van der Waals surface area contributed by atoms with Crippen LogP contribution in [0, 0.1) is 16.7 Å². The van der Waals surface area contributed by atoms with Crippen LogP contribution in [-0.4, -0.2) is 35.3 Å². The van der Waals surface area contributed by atoms with Crippen LogP contribution in [0.5, 0.6) is 0 Å². The van der Waals surface area contributed by atoms with E-state index in [0.29, 0.717) is 25.3 Å². The summed E-state index contributed by atoms with van der Waals surface area (Å²) in [6.07, 6.45) is 1.04. The smallest absolute Gasteiger partial charge is 0.248 e. The summed E-state index contributed by atoms with van der Waals surface area (Å²) >= 11 is 0. The van der Waals surface area contributed by atoms with Gasteiger partial charge in [0.2, 0.25) is 11.8 Å².